The largest absolute Gasteiger partial charge is 0.381 e. The first-order valence-electron chi connectivity index (χ1n) is 5.03. The molecular formula is C10H21NO2. The number of hydrogen-bond acceptors (Lipinski definition) is 3. The minimum atomic E-state index is 0.118. The van der Waals surface area contributed by atoms with Crippen LogP contribution in [0.1, 0.15) is 20.3 Å². The fraction of sp³-hybridized carbons (Fsp3) is 1.00. The van der Waals surface area contributed by atoms with Crippen LogP contribution < -0.4 is 5.73 Å². The van der Waals surface area contributed by atoms with E-state index in [-0.39, 0.29) is 12.1 Å². The van der Waals surface area contributed by atoms with Crippen LogP contribution in [0.3, 0.4) is 0 Å². The monoisotopic (exact) mass is 187 g/mol. The van der Waals surface area contributed by atoms with Crippen molar-refractivity contribution in [2.45, 2.75) is 32.4 Å². The second-order valence-electron chi connectivity index (χ2n) is 4.15. The van der Waals surface area contributed by atoms with Crippen molar-refractivity contribution in [2.75, 3.05) is 20.3 Å². The Balaban J connectivity index is 2.46. The maximum absolute atomic E-state index is 6.13. The third-order valence-corrected chi connectivity index (χ3v) is 2.82. The van der Waals surface area contributed by atoms with Gasteiger partial charge in [0.1, 0.15) is 0 Å². The van der Waals surface area contributed by atoms with Gasteiger partial charge in [0.05, 0.1) is 12.7 Å². The predicted molar refractivity (Wildman–Crippen MR) is 52.5 cm³/mol. The van der Waals surface area contributed by atoms with Gasteiger partial charge in [0.2, 0.25) is 0 Å². The van der Waals surface area contributed by atoms with Crippen LogP contribution in [0.15, 0.2) is 0 Å². The molecule has 3 nitrogen and oxygen atoms in total. The molecule has 0 spiro atoms. The molecule has 1 fully saturated rings. The predicted octanol–water partition coefficient (Wildman–Crippen LogP) is 1.02. The number of nitrogens with two attached hydrogens (primary N) is 1. The van der Waals surface area contributed by atoms with Gasteiger partial charge < -0.3 is 15.2 Å². The van der Waals surface area contributed by atoms with Gasteiger partial charge in [-0.1, -0.05) is 13.8 Å². The normalized spacial score (nSPS) is 27.9. The first-order valence-corrected chi connectivity index (χ1v) is 5.03. The lowest BCUT2D eigenvalue weighted by molar-refractivity contribution is 0.0254. The Bertz CT molecular complexity index is 144. The van der Waals surface area contributed by atoms with E-state index in [0.29, 0.717) is 11.8 Å². The van der Waals surface area contributed by atoms with Gasteiger partial charge in [-0.25, -0.2) is 0 Å². The van der Waals surface area contributed by atoms with Crippen molar-refractivity contribution >= 4 is 0 Å². The fourth-order valence-electron chi connectivity index (χ4n) is 2.00. The molecule has 0 aromatic heterocycles. The first kappa shape index (κ1) is 11.0. The maximum atomic E-state index is 6.13. The number of rotatable bonds is 4. The van der Waals surface area contributed by atoms with Gasteiger partial charge in [0, 0.05) is 25.7 Å². The van der Waals surface area contributed by atoms with E-state index in [1.165, 1.54) is 0 Å². The second kappa shape index (κ2) is 4.94. The fourth-order valence-corrected chi connectivity index (χ4v) is 2.00. The molecular weight excluding hydrogens is 166 g/mol. The quantitative estimate of drug-likeness (QED) is 0.714. The molecule has 1 saturated heterocycles. The number of ether oxygens (including phenoxy) is 2. The zero-order valence-corrected chi connectivity index (χ0v) is 8.82. The highest BCUT2D eigenvalue weighted by molar-refractivity contribution is 4.84. The van der Waals surface area contributed by atoms with E-state index in [1.807, 2.05) is 0 Å². The summed E-state index contributed by atoms with van der Waals surface area (Å²) in [7, 11) is 1.74. The Hall–Kier alpha value is -0.120. The topological polar surface area (TPSA) is 44.5 Å². The summed E-state index contributed by atoms with van der Waals surface area (Å²) in [5.41, 5.74) is 6.13. The molecule has 78 valence electrons. The molecule has 1 aliphatic heterocycles. The van der Waals surface area contributed by atoms with Gasteiger partial charge in [0.25, 0.3) is 0 Å². The molecule has 13 heavy (non-hydrogen) atoms. The Labute approximate surface area is 80.6 Å². The van der Waals surface area contributed by atoms with Gasteiger partial charge in [-0.15, -0.1) is 0 Å². The van der Waals surface area contributed by atoms with Crippen molar-refractivity contribution in [3.8, 4) is 0 Å². The standard InChI is InChI=1S/C10H21NO2/c1-7(2)10(12-3)9(11)8-4-5-13-6-8/h7-10H,4-6,11H2,1-3H3. The van der Waals surface area contributed by atoms with Crippen molar-refractivity contribution in [3.63, 3.8) is 0 Å². The van der Waals surface area contributed by atoms with Crippen molar-refractivity contribution in [1.82, 2.24) is 0 Å². The molecule has 3 heteroatoms. The minimum Gasteiger partial charge on any atom is -0.381 e. The molecule has 0 aliphatic carbocycles. The number of hydrogen-bond donors (Lipinski definition) is 1. The van der Waals surface area contributed by atoms with E-state index in [2.05, 4.69) is 13.8 Å². The Kier molecular flexibility index (Phi) is 4.16. The van der Waals surface area contributed by atoms with Gasteiger partial charge in [-0.05, 0) is 12.3 Å². The average molecular weight is 187 g/mol. The van der Waals surface area contributed by atoms with Crippen LogP contribution in [0.2, 0.25) is 0 Å². The summed E-state index contributed by atoms with van der Waals surface area (Å²) in [5.74, 6) is 0.952. The second-order valence-corrected chi connectivity index (χ2v) is 4.15. The maximum Gasteiger partial charge on any atom is 0.0748 e. The third-order valence-electron chi connectivity index (χ3n) is 2.82. The van der Waals surface area contributed by atoms with Crippen LogP contribution in [0.4, 0.5) is 0 Å². The molecule has 3 atom stereocenters. The lowest BCUT2D eigenvalue weighted by Gasteiger charge is -2.29. The van der Waals surface area contributed by atoms with Crippen LogP contribution in [0.5, 0.6) is 0 Å². The highest BCUT2D eigenvalue weighted by Crippen LogP contribution is 2.22. The smallest absolute Gasteiger partial charge is 0.0748 e. The van der Waals surface area contributed by atoms with Crippen molar-refractivity contribution < 1.29 is 9.47 Å². The summed E-state index contributed by atoms with van der Waals surface area (Å²) in [4.78, 5) is 0. The lowest BCUT2D eigenvalue weighted by Crippen LogP contribution is -2.45. The van der Waals surface area contributed by atoms with Crippen molar-refractivity contribution in [3.05, 3.63) is 0 Å². The molecule has 0 bridgehead atoms. The first-order chi connectivity index (χ1) is 6.16. The summed E-state index contributed by atoms with van der Waals surface area (Å²) < 4.78 is 10.7. The Morgan fingerprint density at radius 1 is 1.46 bits per heavy atom. The van der Waals surface area contributed by atoms with E-state index in [0.717, 1.165) is 19.6 Å². The van der Waals surface area contributed by atoms with Crippen LogP contribution >= 0.6 is 0 Å². The van der Waals surface area contributed by atoms with Crippen molar-refractivity contribution in [2.24, 2.45) is 17.6 Å². The zero-order valence-electron chi connectivity index (χ0n) is 8.82. The van der Waals surface area contributed by atoms with E-state index < -0.39 is 0 Å². The molecule has 1 rings (SSSR count). The molecule has 1 heterocycles. The Morgan fingerprint density at radius 3 is 2.54 bits per heavy atom. The summed E-state index contributed by atoms with van der Waals surface area (Å²) in [5, 5.41) is 0. The molecule has 1 aliphatic rings. The van der Waals surface area contributed by atoms with E-state index in [1.54, 1.807) is 7.11 Å². The van der Waals surface area contributed by atoms with Crippen LogP contribution in [-0.4, -0.2) is 32.5 Å². The molecule has 0 aromatic rings. The summed E-state index contributed by atoms with van der Waals surface area (Å²) in [6, 6.07) is 0.118. The van der Waals surface area contributed by atoms with E-state index in [4.69, 9.17) is 15.2 Å². The third kappa shape index (κ3) is 2.66. The molecule has 0 saturated carbocycles. The SMILES string of the molecule is COC(C(C)C)C(N)C1CCOC1. The van der Waals surface area contributed by atoms with Crippen LogP contribution in [0, 0.1) is 11.8 Å². The van der Waals surface area contributed by atoms with Crippen molar-refractivity contribution in [1.29, 1.82) is 0 Å². The van der Waals surface area contributed by atoms with Gasteiger partial charge in [0.15, 0.2) is 0 Å². The molecule has 2 N–H and O–H groups in total. The van der Waals surface area contributed by atoms with Gasteiger partial charge in [-0.2, -0.15) is 0 Å². The number of methoxy groups -OCH3 is 1. The van der Waals surface area contributed by atoms with Crippen LogP contribution in [0.25, 0.3) is 0 Å². The average Bonchev–Trinajstić information content (AvgIpc) is 2.56. The zero-order chi connectivity index (χ0) is 9.84. The molecule has 0 amide bonds. The summed E-state index contributed by atoms with van der Waals surface area (Å²) >= 11 is 0. The minimum absolute atomic E-state index is 0.118. The van der Waals surface area contributed by atoms with Gasteiger partial charge >= 0.3 is 0 Å². The highest BCUT2D eigenvalue weighted by Gasteiger charge is 2.30. The molecule has 3 unspecified atom stereocenters. The van der Waals surface area contributed by atoms with Gasteiger partial charge in [-0.3, -0.25) is 0 Å². The molecule has 0 aromatic carbocycles. The Morgan fingerprint density at radius 2 is 2.15 bits per heavy atom. The summed E-state index contributed by atoms with van der Waals surface area (Å²) in [6.45, 7) is 5.94. The molecule has 0 radical (unpaired) electrons. The highest BCUT2D eigenvalue weighted by atomic mass is 16.5. The summed E-state index contributed by atoms with van der Waals surface area (Å²) in [6.07, 6.45) is 1.24. The van der Waals surface area contributed by atoms with E-state index in [9.17, 15) is 0 Å². The lowest BCUT2D eigenvalue weighted by atomic mass is 9.89. The van der Waals surface area contributed by atoms with E-state index >= 15 is 0 Å². The van der Waals surface area contributed by atoms with Crippen LogP contribution in [-0.2, 0) is 9.47 Å².